The second-order valence-electron chi connectivity index (χ2n) is 5.29. The van der Waals surface area contributed by atoms with Crippen LogP contribution in [0.5, 0.6) is 5.75 Å². The lowest BCUT2D eigenvalue weighted by Gasteiger charge is -2.05. The predicted molar refractivity (Wildman–Crippen MR) is 89.0 cm³/mol. The van der Waals surface area contributed by atoms with Crippen LogP contribution in [0.15, 0.2) is 68.9 Å². The normalized spacial score (nSPS) is 11.5. The summed E-state index contributed by atoms with van der Waals surface area (Å²) in [4.78, 5) is 15.9. The van der Waals surface area contributed by atoms with Gasteiger partial charge in [0.25, 0.3) is 0 Å². The van der Waals surface area contributed by atoms with Crippen LogP contribution in [-0.2, 0) is 6.42 Å². The van der Waals surface area contributed by atoms with Crippen molar-refractivity contribution in [1.82, 2.24) is 5.27 Å². The van der Waals surface area contributed by atoms with E-state index in [1.807, 2.05) is 30.3 Å². The molecule has 0 radical (unpaired) electrons. The van der Waals surface area contributed by atoms with E-state index in [1.54, 1.807) is 31.4 Å². The Morgan fingerprint density at radius 2 is 1.92 bits per heavy atom. The second kappa shape index (κ2) is 7.48. The van der Waals surface area contributed by atoms with Crippen molar-refractivity contribution in [3.63, 3.8) is 0 Å². The number of aromatic nitrogens is 2. The zero-order chi connectivity index (χ0) is 17.6. The summed E-state index contributed by atoms with van der Waals surface area (Å²) >= 11 is 0. The number of rotatable bonds is 6. The molecule has 0 atom stereocenters. The van der Waals surface area contributed by atoms with Crippen LogP contribution in [0.4, 0.5) is 0 Å². The SMILES string of the molecule is COc1ccc(-[n+]2[nH]oc(=O)c2C([O-])=NCCc2ccccc2)cc1. The zero-order valence-corrected chi connectivity index (χ0v) is 13.6. The van der Waals surface area contributed by atoms with E-state index in [-0.39, 0.29) is 12.2 Å². The number of aromatic amines is 1. The number of hydrogen-bond donors (Lipinski definition) is 1. The Kier molecular flexibility index (Phi) is 4.94. The molecule has 7 nitrogen and oxygen atoms in total. The molecule has 0 fully saturated rings. The van der Waals surface area contributed by atoms with Crippen LogP contribution in [0.25, 0.3) is 5.69 Å². The maximum Gasteiger partial charge on any atom is 0.436 e. The van der Waals surface area contributed by atoms with E-state index < -0.39 is 11.5 Å². The van der Waals surface area contributed by atoms with Crippen LogP contribution in [0.2, 0.25) is 0 Å². The van der Waals surface area contributed by atoms with Crippen molar-refractivity contribution in [3.8, 4) is 11.4 Å². The van der Waals surface area contributed by atoms with Crippen LogP contribution in [0, 0.1) is 0 Å². The Balaban J connectivity index is 1.82. The average molecular weight is 339 g/mol. The standard InChI is InChI=1S/C18H17N3O4/c1-24-15-9-7-14(8-10-15)21-16(18(23)25-20-21)17(22)19-12-11-13-5-3-2-4-6-13/h2-10H,11-12H2,1H3,(H-,19,20,22,23). The Labute approximate surface area is 143 Å². The summed E-state index contributed by atoms with van der Waals surface area (Å²) in [5.41, 5.74) is 0.707. The van der Waals surface area contributed by atoms with E-state index in [0.29, 0.717) is 17.9 Å². The quantitative estimate of drug-likeness (QED) is 0.404. The molecule has 0 bridgehead atoms. The van der Waals surface area contributed by atoms with Gasteiger partial charge in [0.15, 0.2) is 0 Å². The molecule has 0 saturated carbocycles. The lowest BCUT2D eigenvalue weighted by molar-refractivity contribution is -0.673. The maximum atomic E-state index is 12.3. The van der Waals surface area contributed by atoms with Crippen molar-refractivity contribution in [2.75, 3.05) is 13.7 Å². The summed E-state index contributed by atoms with van der Waals surface area (Å²) in [6.07, 6.45) is 0.616. The molecule has 0 unspecified atom stereocenters. The summed E-state index contributed by atoms with van der Waals surface area (Å²) < 4.78 is 11.1. The van der Waals surface area contributed by atoms with Crippen molar-refractivity contribution in [3.05, 3.63) is 76.3 Å². The first-order valence-electron chi connectivity index (χ1n) is 7.73. The van der Waals surface area contributed by atoms with Gasteiger partial charge in [-0.05, 0) is 34.1 Å². The fraction of sp³-hybridized carbons (Fsp3) is 0.167. The average Bonchev–Trinajstić information content (AvgIpc) is 3.04. The van der Waals surface area contributed by atoms with Gasteiger partial charge >= 0.3 is 11.3 Å². The number of H-pyrrole nitrogens is 1. The minimum atomic E-state index is -0.760. The van der Waals surface area contributed by atoms with Gasteiger partial charge in [0.1, 0.15) is 5.75 Å². The topological polar surface area (TPSA) is 94.5 Å². The molecule has 128 valence electrons. The van der Waals surface area contributed by atoms with Gasteiger partial charge in [-0.2, -0.15) is 0 Å². The van der Waals surface area contributed by atoms with Gasteiger partial charge in [0, 0.05) is 18.7 Å². The number of aliphatic imine (C=N–C) groups is 1. The summed E-state index contributed by atoms with van der Waals surface area (Å²) in [7, 11) is 1.56. The second-order valence-corrected chi connectivity index (χ2v) is 5.29. The third-order valence-electron chi connectivity index (χ3n) is 3.68. The molecule has 0 saturated heterocycles. The van der Waals surface area contributed by atoms with Crippen molar-refractivity contribution in [2.45, 2.75) is 6.42 Å². The summed E-state index contributed by atoms with van der Waals surface area (Å²) in [6.45, 7) is 0.288. The Bertz CT molecular complexity index is 911. The smallest absolute Gasteiger partial charge is 0.436 e. The number of nitrogens with zero attached hydrogens (tertiary/aromatic N) is 2. The molecule has 7 heteroatoms. The third-order valence-corrected chi connectivity index (χ3v) is 3.68. The number of nitrogens with one attached hydrogen (secondary N) is 1. The highest BCUT2D eigenvalue weighted by molar-refractivity contribution is 5.86. The van der Waals surface area contributed by atoms with E-state index >= 15 is 0 Å². The van der Waals surface area contributed by atoms with Crippen molar-refractivity contribution in [2.24, 2.45) is 4.99 Å². The van der Waals surface area contributed by atoms with Gasteiger partial charge in [-0.15, -0.1) is 0 Å². The summed E-state index contributed by atoms with van der Waals surface area (Å²) in [5.74, 6) is 0.0392. The lowest BCUT2D eigenvalue weighted by atomic mass is 10.2. The molecule has 1 N–H and O–H groups in total. The van der Waals surface area contributed by atoms with Gasteiger partial charge in [-0.3, -0.25) is 9.52 Å². The summed E-state index contributed by atoms with van der Waals surface area (Å²) in [6, 6.07) is 16.5. The third kappa shape index (κ3) is 3.77. The van der Waals surface area contributed by atoms with E-state index in [2.05, 4.69) is 10.3 Å². The molecule has 0 aliphatic rings. The van der Waals surface area contributed by atoms with Gasteiger partial charge in [-0.25, -0.2) is 4.79 Å². The molecule has 25 heavy (non-hydrogen) atoms. The van der Waals surface area contributed by atoms with Gasteiger partial charge in [-0.1, -0.05) is 30.3 Å². The molecule has 0 spiro atoms. The fourth-order valence-electron chi connectivity index (χ4n) is 2.37. The van der Waals surface area contributed by atoms with E-state index in [4.69, 9.17) is 9.26 Å². The molecule has 3 rings (SSSR count). The first-order chi connectivity index (χ1) is 12.2. The highest BCUT2D eigenvalue weighted by atomic mass is 16.5. The molecule has 0 aliphatic carbocycles. The Morgan fingerprint density at radius 3 is 2.60 bits per heavy atom. The molecular formula is C18H17N3O4. The van der Waals surface area contributed by atoms with Crippen molar-refractivity contribution >= 4 is 5.90 Å². The van der Waals surface area contributed by atoms with Crippen LogP contribution in [0.3, 0.4) is 0 Å². The first-order valence-corrected chi connectivity index (χ1v) is 7.73. The monoisotopic (exact) mass is 339 g/mol. The molecule has 0 aliphatic heterocycles. The number of ether oxygens (including phenoxy) is 1. The minimum Gasteiger partial charge on any atom is -0.854 e. The van der Waals surface area contributed by atoms with Gasteiger partial charge < -0.3 is 9.84 Å². The Hall–Kier alpha value is -3.35. The summed E-state index contributed by atoms with van der Waals surface area (Å²) in [5, 5.41) is 14.8. The van der Waals surface area contributed by atoms with E-state index in [1.165, 1.54) is 4.68 Å². The van der Waals surface area contributed by atoms with Crippen LogP contribution in [0.1, 0.15) is 11.3 Å². The molecular weight excluding hydrogens is 322 g/mol. The van der Waals surface area contributed by atoms with Crippen LogP contribution >= 0.6 is 0 Å². The molecule has 2 aromatic carbocycles. The highest BCUT2D eigenvalue weighted by Gasteiger charge is 2.23. The van der Waals surface area contributed by atoms with Gasteiger partial charge in [0.2, 0.25) is 5.69 Å². The van der Waals surface area contributed by atoms with Crippen molar-refractivity contribution in [1.29, 1.82) is 0 Å². The number of methoxy groups -OCH3 is 1. The fourth-order valence-corrected chi connectivity index (χ4v) is 2.37. The highest BCUT2D eigenvalue weighted by Crippen LogP contribution is 2.11. The molecule has 1 aromatic heterocycles. The van der Waals surface area contributed by atoms with Crippen LogP contribution in [-0.4, -0.2) is 24.8 Å². The van der Waals surface area contributed by atoms with Gasteiger partial charge in [0.05, 0.1) is 13.0 Å². The molecule has 1 heterocycles. The maximum absolute atomic E-state index is 12.3. The van der Waals surface area contributed by atoms with Crippen molar-refractivity contribution < 1.29 is 19.0 Å². The minimum absolute atomic E-state index is 0.168. The van der Waals surface area contributed by atoms with E-state index in [9.17, 15) is 9.90 Å². The largest absolute Gasteiger partial charge is 0.854 e. The first kappa shape index (κ1) is 16.5. The molecule has 0 amide bonds. The van der Waals surface area contributed by atoms with Crippen LogP contribution < -0.4 is 20.2 Å². The number of hydrogen-bond acceptors (Lipinski definition) is 5. The lowest BCUT2D eigenvalue weighted by Crippen LogP contribution is -2.44. The number of benzene rings is 2. The predicted octanol–water partition coefficient (Wildman–Crippen LogP) is 0.603. The Morgan fingerprint density at radius 1 is 1.20 bits per heavy atom. The molecule has 3 aromatic rings. The zero-order valence-electron chi connectivity index (χ0n) is 13.6. The van der Waals surface area contributed by atoms with E-state index in [0.717, 1.165) is 5.56 Å².